The van der Waals surface area contributed by atoms with Crippen LogP contribution in [0.15, 0.2) is 35.1 Å². The van der Waals surface area contributed by atoms with Crippen LogP contribution in [0.3, 0.4) is 0 Å². The van der Waals surface area contributed by atoms with Gasteiger partial charge in [0.2, 0.25) is 10.0 Å². The van der Waals surface area contributed by atoms with Crippen molar-refractivity contribution in [3.05, 3.63) is 35.6 Å². The van der Waals surface area contributed by atoms with Crippen molar-refractivity contribution >= 4 is 21.4 Å². The second-order valence-electron chi connectivity index (χ2n) is 4.61. The Balaban J connectivity index is 1.81. The molecule has 0 fully saturated rings. The average molecular weight is 353 g/mol. The first-order chi connectivity index (χ1) is 10.3. The van der Waals surface area contributed by atoms with E-state index in [-0.39, 0.29) is 6.54 Å². The zero-order valence-corrected chi connectivity index (χ0v) is 13.0. The van der Waals surface area contributed by atoms with Crippen molar-refractivity contribution in [3.63, 3.8) is 0 Å². The zero-order chi connectivity index (χ0) is 16.2. The van der Waals surface area contributed by atoms with Gasteiger partial charge in [0.25, 0.3) is 0 Å². The number of hydrogen-bond donors (Lipinski definition) is 1. The Morgan fingerprint density at radius 1 is 1.23 bits per heavy atom. The third-order valence-electron chi connectivity index (χ3n) is 2.81. The summed E-state index contributed by atoms with van der Waals surface area (Å²) in [6.45, 7) is 0.0749. The maximum Gasteiger partial charge on any atom is 0.390 e. The van der Waals surface area contributed by atoms with Crippen LogP contribution in [-0.4, -0.2) is 26.9 Å². The first-order valence-electron chi connectivity index (χ1n) is 6.40. The molecular weight excluding hydrogens is 339 g/mol. The van der Waals surface area contributed by atoms with Gasteiger partial charge < -0.3 is 4.42 Å². The van der Waals surface area contributed by atoms with Crippen LogP contribution >= 0.6 is 11.3 Å². The number of alkyl halides is 3. The third-order valence-corrected chi connectivity index (χ3v) is 5.39. The topological polar surface area (TPSA) is 59.3 Å². The first kappa shape index (κ1) is 17.0. The second kappa shape index (κ2) is 6.84. The van der Waals surface area contributed by atoms with Gasteiger partial charge in [-0.3, -0.25) is 0 Å². The molecule has 0 spiro atoms. The van der Waals surface area contributed by atoms with Crippen LogP contribution < -0.4 is 4.72 Å². The summed E-state index contributed by atoms with van der Waals surface area (Å²) in [5.41, 5.74) is 0.932. The van der Waals surface area contributed by atoms with E-state index in [1.807, 2.05) is 18.2 Å². The fourth-order valence-corrected chi connectivity index (χ4v) is 3.77. The summed E-state index contributed by atoms with van der Waals surface area (Å²) in [7, 11) is -3.90. The Bertz CT molecular complexity index is 690. The standard InChI is InChI=1S/C13H14F3NO3S2/c14-13(15,16)5-8-22(18,19)17-6-3-11-1-2-12(21-11)10-4-7-20-9-10/h1-2,4,7,9,17H,3,5-6,8H2. The van der Waals surface area contributed by atoms with Crippen LogP contribution in [0.25, 0.3) is 10.4 Å². The molecule has 1 N–H and O–H groups in total. The minimum atomic E-state index is -4.47. The molecule has 0 aliphatic heterocycles. The quantitative estimate of drug-likeness (QED) is 0.830. The molecule has 0 radical (unpaired) electrons. The summed E-state index contributed by atoms with van der Waals surface area (Å²) < 4.78 is 66.1. The predicted molar refractivity (Wildman–Crippen MR) is 78.2 cm³/mol. The molecule has 0 unspecified atom stereocenters. The summed E-state index contributed by atoms with van der Waals surface area (Å²) in [6.07, 6.45) is -2.22. The van der Waals surface area contributed by atoms with E-state index in [2.05, 4.69) is 4.72 Å². The third kappa shape index (κ3) is 5.47. The van der Waals surface area contributed by atoms with Crippen molar-refractivity contribution < 1.29 is 26.0 Å². The number of rotatable bonds is 7. The molecule has 0 aliphatic rings. The molecule has 4 nitrogen and oxygen atoms in total. The molecule has 2 heterocycles. The van der Waals surface area contributed by atoms with Gasteiger partial charge in [-0.2, -0.15) is 13.2 Å². The lowest BCUT2D eigenvalue weighted by molar-refractivity contribution is -0.129. The highest BCUT2D eigenvalue weighted by Crippen LogP contribution is 2.28. The molecule has 2 aromatic rings. The van der Waals surface area contributed by atoms with Crippen molar-refractivity contribution in [2.45, 2.75) is 19.0 Å². The molecule has 0 bridgehead atoms. The van der Waals surface area contributed by atoms with Gasteiger partial charge in [0.05, 0.1) is 24.7 Å². The normalized spacial score (nSPS) is 12.7. The number of hydrogen-bond acceptors (Lipinski definition) is 4. The molecule has 0 aromatic carbocycles. The van der Waals surface area contributed by atoms with E-state index >= 15 is 0 Å². The molecule has 0 atom stereocenters. The van der Waals surface area contributed by atoms with Crippen molar-refractivity contribution in [2.75, 3.05) is 12.3 Å². The molecule has 2 aromatic heterocycles. The minimum absolute atomic E-state index is 0.0749. The van der Waals surface area contributed by atoms with Crippen molar-refractivity contribution in [1.29, 1.82) is 0 Å². The molecule has 0 saturated heterocycles. The maximum atomic E-state index is 12.0. The van der Waals surface area contributed by atoms with Gasteiger partial charge in [-0.25, -0.2) is 13.1 Å². The second-order valence-corrected chi connectivity index (χ2v) is 7.70. The van der Waals surface area contributed by atoms with E-state index < -0.39 is 28.4 Å². The highest BCUT2D eigenvalue weighted by Gasteiger charge is 2.29. The minimum Gasteiger partial charge on any atom is -0.472 e. The van der Waals surface area contributed by atoms with Crippen molar-refractivity contribution in [3.8, 4) is 10.4 Å². The highest BCUT2D eigenvalue weighted by atomic mass is 32.2. The van der Waals surface area contributed by atoms with E-state index in [0.29, 0.717) is 6.42 Å². The lowest BCUT2D eigenvalue weighted by atomic mass is 10.3. The molecule has 0 aliphatic carbocycles. The van der Waals surface area contributed by atoms with E-state index in [1.165, 1.54) is 11.3 Å². The largest absolute Gasteiger partial charge is 0.472 e. The van der Waals surface area contributed by atoms with Crippen molar-refractivity contribution in [1.82, 2.24) is 4.72 Å². The molecule has 0 saturated carbocycles. The van der Waals surface area contributed by atoms with E-state index in [9.17, 15) is 21.6 Å². The molecule has 9 heteroatoms. The van der Waals surface area contributed by atoms with E-state index in [1.54, 1.807) is 12.5 Å². The summed E-state index contributed by atoms with van der Waals surface area (Å²) in [6, 6.07) is 5.56. The molecule has 122 valence electrons. The van der Waals surface area contributed by atoms with Gasteiger partial charge in [-0.05, 0) is 24.6 Å². The Morgan fingerprint density at radius 3 is 2.64 bits per heavy atom. The summed E-state index contributed by atoms with van der Waals surface area (Å²) >= 11 is 1.48. The number of nitrogens with one attached hydrogen (secondary N) is 1. The Kier molecular flexibility index (Phi) is 5.30. The Morgan fingerprint density at radius 2 is 2.00 bits per heavy atom. The first-order valence-corrected chi connectivity index (χ1v) is 8.87. The summed E-state index contributed by atoms with van der Waals surface area (Å²) in [5.74, 6) is -0.943. The van der Waals surface area contributed by atoms with Gasteiger partial charge in [-0.15, -0.1) is 11.3 Å². The molecule has 2 rings (SSSR count). The number of thiophene rings is 1. The molecule has 22 heavy (non-hydrogen) atoms. The number of sulfonamides is 1. The summed E-state index contributed by atoms with van der Waals surface area (Å²) in [5, 5.41) is 0. The molecular formula is C13H14F3NO3S2. The van der Waals surface area contributed by atoms with Gasteiger partial charge in [0.1, 0.15) is 0 Å². The van der Waals surface area contributed by atoms with Gasteiger partial charge in [-0.1, -0.05) is 0 Å². The highest BCUT2D eigenvalue weighted by molar-refractivity contribution is 7.89. The fourth-order valence-electron chi connectivity index (χ4n) is 1.72. The summed E-state index contributed by atoms with van der Waals surface area (Å²) in [4.78, 5) is 1.93. The van der Waals surface area contributed by atoms with Crippen LogP contribution in [0.4, 0.5) is 13.2 Å². The number of halogens is 3. The van der Waals surface area contributed by atoms with Crippen LogP contribution in [-0.2, 0) is 16.4 Å². The Hall–Kier alpha value is -1.32. The zero-order valence-electron chi connectivity index (χ0n) is 11.4. The smallest absolute Gasteiger partial charge is 0.390 e. The van der Waals surface area contributed by atoms with Gasteiger partial charge in [0, 0.05) is 21.9 Å². The maximum absolute atomic E-state index is 12.0. The van der Waals surface area contributed by atoms with Crippen molar-refractivity contribution in [2.24, 2.45) is 0 Å². The lowest BCUT2D eigenvalue weighted by Gasteiger charge is -2.08. The molecule has 0 amide bonds. The number of furan rings is 1. The van der Waals surface area contributed by atoms with Gasteiger partial charge >= 0.3 is 6.18 Å². The average Bonchev–Trinajstić information content (AvgIpc) is 3.06. The van der Waals surface area contributed by atoms with E-state index in [0.717, 1.165) is 15.3 Å². The monoisotopic (exact) mass is 353 g/mol. The lowest BCUT2D eigenvalue weighted by Crippen LogP contribution is -2.30. The SMILES string of the molecule is O=S(=O)(CCC(F)(F)F)NCCc1ccc(-c2ccoc2)s1. The van der Waals surface area contributed by atoms with Crippen LogP contribution in [0, 0.1) is 0 Å². The Labute approximate surface area is 130 Å². The van der Waals surface area contributed by atoms with E-state index in [4.69, 9.17) is 4.42 Å². The van der Waals surface area contributed by atoms with Crippen LogP contribution in [0.5, 0.6) is 0 Å². The van der Waals surface area contributed by atoms with Crippen LogP contribution in [0.1, 0.15) is 11.3 Å². The van der Waals surface area contributed by atoms with Gasteiger partial charge in [0.15, 0.2) is 0 Å². The van der Waals surface area contributed by atoms with Crippen LogP contribution in [0.2, 0.25) is 0 Å². The fraction of sp³-hybridized carbons (Fsp3) is 0.385. The predicted octanol–water partition coefficient (Wildman–Crippen LogP) is 3.42.